The van der Waals surface area contributed by atoms with Gasteiger partial charge in [-0.15, -0.1) is 0 Å². The SMILES string of the molecule is CCCCCCCC/C=C\CCCCCCCC(=O)OC(COC(=O)C/C=C\CCCCCCCCCC)COC(=O)CCCCCCCCCCCCCCC. The number of carbonyl (C=O) groups is 3. The van der Waals surface area contributed by atoms with Gasteiger partial charge in [0.05, 0.1) is 6.42 Å². The van der Waals surface area contributed by atoms with Crippen LogP contribution in [0.3, 0.4) is 0 Å². The smallest absolute Gasteiger partial charge is 0.309 e. The van der Waals surface area contributed by atoms with Gasteiger partial charge in [0.2, 0.25) is 0 Å². The van der Waals surface area contributed by atoms with Crippen LogP contribution in [-0.2, 0) is 28.6 Å². The number of rotatable bonds is 45. The maximum atomic E-state index is 12.7. The average Bonchev–Trinajstić information content (AvgIpc) is 3.21. The number of hydrogen-bond donors (Lipinski definition) is 0. The molecule has 0 radical (unpaired) electrons. The Morgan fingerprint density at radius 2 is 0.649 bits per heavy atom. The zero-order valence-corrected chi connectivity index (χ0v) is 38.1. The molecule has 57 heavy (non-hydrogen) atoms. The zero-order valence-electron chi connectivity index (χ0n) is 38.1. The van der Waals surface area contributed by atoms with Gasteiger partial charge in [-0.25, -0.2) is 0 Å². The molecule has 0 bridgehead atoms. The van der Waals surface area contributed by atoms with Crippen LogP contribution in [0.5, 0.6) is 0 Å². The van der Waals surface area contributed by atoms with E-state index in [9.17, 15) is 14.4 Å². The molecule has 0 heterocycles. The number of allylic oxidation sites excluding steroid dienone is 3. The molecule has 0 spiro atoms. The van der Waals surface area contributed by atoms with Gasteiger partial charge in [-0.1, -0.05) is 218 Å². The number of carbonyl (C=O) groups excluding carboxylic acids is 3. The molecule has 0 aliphatic carbocycles. The standard InChI is InChI=1S/C51H94O6/c1-4-7-10-13-16-19-22-24-25-27-30-33-36-39-42-45-51(54)57-48(46-55-49(52)43-40-37-34-31-28-21-18-15-12-9-6-3)47-56-50(53)44-41-38-35-32-29-26-23-20-17-14-11-8-5-2/h24-25,37,40,48H,4-23,26-36,38-39,41-47H2,1-3H3/b25-24-,40-37-. The van der Waals surface area contributed by atoms with E-state index in [0.29, 0.717) is 12.8 Å². The van der Waals surface area contributed by atoms with Crippen molar-refractivity contribution in [3.8, 4) is 0 Å². The second kappa shape index (κ2) is 46.6. The average molecular weight is 803 g/mol. The number of hydrogen-bond acceptors (Lipinski definition) is 6. The van der Waals surface area contributed by atoms with E-state index in [1.807, 2.05) is 6.08 Å². The van der Waals surface area contributed by atoms with Gasteiger partial charge >= 0.3 is 17.9 Å². The molecular formula is C51H94O6. The topological polar surface area (TPSA) is 78.9 Å². The van der Waals surface area contributed by atoms with Gasteiger partial charge < -0.3 is 14.2 Å². The summed E-state index contributed by atoms with van der Waals surface area (Å²) in [5.74, 6) is -0.975. The first kappa shape index (κ1) is 54.9. The van der Waals surface area contributed by atoms with Crippen molar-refractivity contribution in [1.29, 1.82) is 0 Å². The van der Waals surface area contributed by atoms with Gasteiger partial charge in [0.25, 0.3) is 0 Å². The third kappa shape index (κ3) is 44.8. The van der Waals surface area contributed by atoms with Crippen molar-refractivity contribution in [1.82, 2.24) is 0 Å². The van der Waals surface area contributed by atoms with Crippen LogP contribution in [0.1, 0.15) is 265 Å². The third-order valence-electron chi connectivity index (χ3n) is 11.0. The highest BCUT2D eigenvalue weighted by atomic mass is 16.6. The molecule has 6 heteroatoms. The lowest BCUT2D eigenvalue weighted by atomic mass is 10.0. The Kier molecular flexibility index (Phi) is 44.9. The summed E-state index contributed by atoms with van der Waals surface area (Å²) in [6.07, 6.45) is 51.8. The number of esters is 3. The van der Waals surface area contributed by atoms with Gasteiger partial charge in [-0.05, 0) is 51.4 Å². The minimum atomic E-state index is -0.790. The van der Waals surface area contributed by atoms with Crippen molar-refractivity contribution in [2.75, 3.05) is 13.2 Å². The van der Waals surface area contributed by atoms with E-state index in [1.54, 1.807) is 0 Å². The highest BCUT2D eigenvalue weighted by molar-refractivity contribution is 5.72. The molecular weight excluding hydrogens is 709 g/mol. The monoisotopic (exact) mass is 803 g/mol. The van der Waals surface area contributed by atoms with E-state index < -0.39 is 6.10 Å². The third-order valence-corrected chi connectivity index (χ3v) is 11.0. The van der Waals surface area contributed by atoms with E-state index in [1.165, 1.54) is 161 Å². The van der Waals surface area contributed by atoms with Crippen LogP contribution >= 0.6 is 0 Å². The lowest BCUT2D eigenvalue weighted by Crippen LogP contribution is -2.30. The van der Waals surface area contributed by atoms with E-state index in [-0.39, 0.29) is 37.5 Å². The minimum absolute atomic E-state index is 0.0864. The Morgan fingerprint density at radius 1 is 0.351 bits per heavy atom. The maximum Gasteiger partial charge on any atom is 0.309 e. The summed E-state index contributed by atoms with van der Waals surface area (Å²) in [6.45, 7) is 6.58. The van der Waals surface area contributed by atoms with Gasteiger partial charge in [-0.2, -0.15) is 0 Å². The molecule has 0 aromatic carbocycles. The summed E-state index contributed by atoms with van der Waals surface area (Å²) < 4.78 is 16.7. The zero-order chi connectivity index (χ0) is 41.5. The summed E-state index contributed by atoms with van der Waals surface area (Å²) >= 11 is 0. The van der Waals surface area contributed by atoms with Crippen molar-refractivity contribution in [3.63, 3.8) is 0 Å². The Hall–Kier alpha value is -2.11. The van der Waals surface area contributed by atoms with Crippen LogP contribution in [0.4, 0.5) is 0 Å². The van der Waals surface area contributed by atoms with Crippen LogP contribution in [0, 0.1) is 0 Å². The lowest BCUT2D eigenvalue weighted by molar-refractivity contribution is -0.166. The quantitative estimate of drug-likeness (QED) is 0.0264. The first-order chi connectivity index (χ1) is 28.0. The van der Waals surface area contributed by atoms with Crippen molar-refractivity contribution < 1.29 is 28.6 Å². The fraction of sp³-hybridized carbons (Fsp3) is 0.863. The minimum Gasteiger partial charge on any atom is -0.462 e. The Bertz CT molecular complexity index is 927. The van der Waals surface area contributed by atoms with E-state index >= 15 is 0 Å². The summed E-state index contributed by atoms with van der Waals surface area (Å²) in [5, 5.41) is 0. The van der Waals surface area contributed by atoms with Crippen LogP contribution in [0.15, 0.2) is 24.3 Å². The molecule has 0 rings (SSSR count). The molecule has 1 unspecified atom stereocenters. The van der Waals surface area contributed by atoms with E-state index in [2.05, 4.69) is 39.0 Å². The molecule has 0 aromatic rings. The molecule has 0 fully saturated rings. The fourth-order valence-corrected chi connectivity index (χ4v) is 7.18. The highest BCUT2D eigenvalue weighted by Crippen LogP contribution is 2.15. The van der Waals surface area contributed by atoms with Crippen LogP contribution in [0.25, 0.3) is 0 Å². The Labute approximate surface area is 353 Å². The van der Waals surface area contributed by atoms with Gasteiger partial charge in [0.1, 0.15) is 13.2 Å². The van der Waals surface area contributed by atoms with Crippen molar-refractivity contribution >= 4 is 17.9 Å². The normalized spacial score (nSPS) is 12.1. The molecule has 0 N–H and O–H groups in total. The van der Waals surface area contributed by atoms with Gasteiger partial charge in [0.15, 0.2) is 6.10 Å². The molecule has 0 amide bonds. The largest absolute Gasteiger partial charge is 0.462 e. The first-order valence-corrected chi connectivity index (χ1v) is 24.8. The lowest BCUT2D eigenvalue weighted by Gasteiger charge is -2.18. The second-order valence-corrected chi connectivity index (χ2v) is 16.7. The van der Waals surface area contributed by atoms with Crippen LogP contribution < -0.4 is 0 Å². The van der Waals surface area contributed by atoms with Crippen molar-refractivity contribution in [2.45, 2.75) is 271 Å². The summed E-state index contributed by atoms with van der Waals surface area (Å²) in [5.41, 5.74) is 0. The van der Waals surface area contributed by atoms with Crippen LogP contribution in [-0.4, -0.2) is 37.2 Å². The Morgan fingerprint density at radius 3 is 1.04 bits per heavy atom. The summed E-state index contributed by atoms with van der Waals surface area (Å²) in [6, 6.07) is 0. The highest BCUT2D eigenvalue weighted by Gasteiger charge is 2.19. The van der Waals surface area contributed by atoms with E-state index in [0.717, 1.165) is 64.2 Å². The van der Waals surface area contributed by atoms with Gasteiger partial charge in [0, 0.05) is 12.8 Å². The summed E-state index contributed by atoms with van der Waals surface area (Å²) in [4.78, 5) is 37.8. The molecule has 0 saturated carbocycles. The fourth-order valence-electron chi connectivity index (χ4n) is 7.18. The van der Waals surface area contributed by atoms with E-state index in [4.69, 9.17) is 14.2 Å². The molecule has 0 saturated heterocycles. The summed E-state index contributed by atoms with van der Waals surface area (Å²) in [7, 11) is 0. The molecule has 0 aromatic heterocycles. The van der Waals surface area contributed by atoms with Crippen LogP contribution in [0.2, 0.25) is 0 Å². The molecule has 0 aliphatic rings. The number of ether oxygens (including phenoxy) is 3. The second-order valence-electron chi connectivity index (χ2n) is 16.7. The van der Waals surface area contributed by atoms with Crippen molar-refractivity contribution in [2.24, 2.45) is 0 Å². The van der Waals surface area contributed by atoms with Gasteiger partial charge in [-0.3, -0.25) is 14.4 Å². The molecule has 334 valence electrons. The number of unbranched alkanes of at least 4 members (excludes halogenated alkanes) is 31. The maximum absolute atomic E-state index is 12.7. The molecule has 1 atom stereocenters. The predicted molar refractivity (Wildman–Crippen MR) is 243 cm³/mol. The van der Waals surface area contributed by atoms with Crippen molar-refractivity contribution in [3.05, 3.63) is 24.3 Å². The first-order valence-electron chi connectivity index (χ1n) is 24.8. The Balaban J connectivity index is 4.39. The molecule has 6 nitrogen and oxygen atoms in total. The molecule has 0 aliphatic heterocycles. The predicted octanol–water partition coefficient (Wildman–Crippen LogP) is 16.0.